The van der Waals surface area contributed by atoms with Crippen molar-refractivity contribution < 1.29 is 17.6 Å². The molecule has 8 heteroatoms. The van der Waals surface area contributed by atoms with Crippen molar-refractivity contribution in [2.45, 2.75) is 13.3 Å². The van der Waals surface area contributed by atoms with Crippen LogP contribution in [-0.2, 0) is 10.0 Å². The monoisotopic (exact) mass is 398 g/mol. The third kappa shape index (κ3) is 3.27. The molecule has 7 nitrogen and oxygen atoms in total. The van der Waals surface area contributed by atoms with E-state index in [1.54, 1.807) is 49.4 Å². The fraction of sp³-hybridized carbons (Fsp3) is 0.200. The number of carbonyl (C=O) groups is 1. The van der Waals surface area contributed by atoms with E-state index >= 15 is 0 Å². The zero-order chi connectivity index (χ0) is 19.9. The van der Waals surface area contributed by atoms with Gasteiger partial charge in [0.2, 0.25) is 10.0 Å². The van der Waals surface area contributed by atoms with E-state index in [-0.39, 0.29) is 11.3 Å². The van der Waals surface area contributed by atoms with E-state index in [0.717, 1.165) is 0 Å². The molecule has 0 saturated carbocycles. The minimum atomic E-state index is -3.27. The number of aryl methyl sites for hydroxylation is 1. The Labute approximate surface area is 161 Å². The number of rotatable bonds is 3. The lowest BCUT2D eigenvalue weighted by Gasteiger charge is -2.18. The summed E-state index contributed by atoms with van der Waals surface area (Å²) in [6, 6.07) is 13.4. The lowest BCUT2D eigenvalue weighted by atomic mass is 10.1. The molecule has 2 heterocycles. The van der Waals surface area contributed by atoms with Crippen LogP contribution < -0.4 is 15.2 Å². The zero-order valence-corrected chi connectivity index (χ0v) is 16.0. The highest BCUT2D eigenvalue weighted by Crippen LogP contribution is 2.28. The molecule has 1 aliphatic rings. The van der Waals surface area contributed by atoms with E-state index < -0.39 is 21.6 Å². The topological polar surface area (TPSA) is 96.7 Å². The molecule has 4 rings (SSSR count). The second-order valence-electron chi connectivity index (χ2n) is 6.68. The average molecular weight is 398 g/mol. The van der Waals surface area contributed by atoms with Crippen LogP contribution in [0.25, 0.3) is 11.0 Å². The Kier molecular flexibility index (Phi) is 4.43. The van der Waals surface area contributed by atoms with Gasteiger partial charge < -0.3 is 9.73 Å². The molecular formula is C20H18N2O5S. The minimum Gasteiger partial charge on any atom is -0.422 e. The highest BCUT2D eigenvalue weighted by atomic mass is 32.2. The molecule has 1 N–H and O–H groups in total. The van der Waals surface area contributed by atoms with E-state index in [9.17, 15) is 18.0 Å². The Morgan fingerprint density at radius 2 is 1.93 bits per heavy atom. The Balaban J connectivity index is 1.62. The van der Waals surface area contributed by atoms with E-state index in [4.69, 9.17) is 4.42 Å². The van der Waals surface area contributed by atoms with Gasteiger partial charge in [0.25, 0.3) is 5.91 Å². The van der Waals surface area contributed by atoms with E-state index in [0.29, 0.717) is 40.9 Å². The third-order valence-corrected chi connectivity index (χ3v) is 6.60. The van der Waals surface area contributed by atoms with Crippen molar-refractivity contribution in [3.63, 3.8) is 0 Å². The summed E-state index contributed by atoms with van der Waals surface area (Å²) in [5.41, 5.74) is 1.36. The molecule has 28 heavy (non-hydrogen) atoms. The Morgan fingerprint density at radius 3 is 2.64 bits per heavy atom. The number of nitrogens with zero attached hydrogens (tertiary/aromatic N) is 1. The van der Waals surface area contributed by atoms with Crippen LogP contribution in [0.4, 0.5) is 11.4 Å². The van der Waals surface area contributed by atoms with Gasteiger partial charge in [-0.3, -0.25) is 9.10 Å². The Morgan fingerprint density at radius 1 is 1.14 bits per heavy atom. The smallest absolute Gasteiger partial charge is 0.349 e. The molecule has 0 radical (unpaired) electrons. The first-order valence-electron chi connectivity index (χ1n) is 8.80. The number of benzene rings is 2. The number of anilines is 2. The maximum Gasteiger partial charge on any atom is 0.349 e. The SMILES string of the molecule is Cc1cc(N2CCCS2(=O)=O)ccc1NC(=O)c1cc2ccccc2oc1=O. The van der Waals surface area contributed by atoms with Gasteiger partial charge in [-0.15, -0.1) is 0 Å². The summed E-state index contributed by atoms with van der Waals surface area (Å²) in [5.74, 6) is -0.438. The summed E-state index contributed by atoms with van der Waals surface area (Å²) < 4.78 is 30.7. The average Bonchev–Trinajstić information content (AvgIpc) is 3.01. The standard InChI is InChI=1S/C20H18N2O5S/c1-13-11-15(22-9-4-10-28(22,25)26)7-8-17(13)21-19(23)16-12-14-5-2-3-6-18(14)27-20(16)24/h2-3,5-8,11-12H,4,9-10H2,1H3,(H,21,23). The van der Waals surface area contributed by atoms with Crippen LogP contribution >= 0.6 is 0 Å². The summed E-state index contributed by atoms with van der Waals surface area (Å²) in [4.78, 5) is 24.7. The molecule has 0 unspecified atom stereocenters. The fourth-order valence-electron chi connectivity index (χ4n) is 3.28. The first-order chi connectivity index (χ1) is 13.3. The second-order valence-corrected chi connectivity index (χ2v) is 8.69. The molecule has 0 atom stereocenters. The van der Waals surface area contributed by atoms with Crippen LogP contribution in [0.1, 0.15) is 22.3 Å². The largest absolute Gasteiger partial charge is 0.422 e. The molecule has 0 spiro atoms. The second kappa shape index (κ2) is 6.79. The molecule has 1 aliphatic heterocycles. The number of hydrogen-bond donors (Lipinski definition) is 1. The summed E-state index contributed by atoms with van der Waals surface area (Å²) in [7, 11) is -3.27. The van der Waals surface area contributed by atoms with Crippen molar-refractivity contribution in [3.8, 4) is 0 Å². The van der Waals surface area contributed by atoms with Crippen LogP contribution in [0, 0.1) is 6.92 Å². The third-order valence-electron chi connectivity index (χ3n) is 4.73. The summed E-state index contributed by atoms with van der Waals surface area (Å²) >= 11 is 0. The number of fused-ring (bicyclic) bond motifs is 1. The molecular weight excluding hydrogens is 380 g/mol. The van der Waals surface area contributed by atoms with Crippen LogP contribution in [0.3, 0.4) is 0 Å². The van der Waals surface area contributed by atoms with Crippen LogP contribution in [0.5, 0.6) is 0 Å². The van der Waals surface area contributed by atoms with E-state index in [2.05, 4.69) is 5.32 Å². The van der Waals surface area contributed by atoms with Gasteiger partial charge in [0.05, 0.1) is 11.4 Å². The molecule has 3 aromatic rings. The number of sulfonamides is 1. The van der Waals surface area contributed by atoms with Crippen molar-refractivity contribution in [1.82, 2.24) is 0 Å². The van der Waals surface area contributed by atoms with Gasteiger partial charge in [-0.1, -0.05) is 18.2 Å². The zero-order valence-electron chi connectivity index (χ0n) is 15.1. The summed E-state index contributed by atoms with van der Waals surface area (Å²) in [6.45, 7) is 2.22. The first kappa shape index (κ1) is 18.2. The molecule has 0 aliphatic carbocycles. The predicted molar refractivity (Wildman–Crippen MR) is 107 cm³/mol. The van der Waals surface area contributed by atoms with Gasteiger partial charge >= 0.3 is 5.63 Å². The molecule has 1 aromatic heterocycles. The Hall–Kier alpha value is -3.13. The highest BCUT2D eigenvalue weighted by molar-refractivity contribution is 7.93. The fourth-order valence-corrected chi connectivity index (χ4v) is 4.84. The lowest BCUT2D eigenvalue weighted by Crippen LogP contribution is -2.25. The maximum atomic E-state index is 12.6. The minimum absolute atomic E-state index is 0.0932. The molecule has 1 saturated heterocycles. The van der Waals surface area contributed by atoms with Gasteiger partial charge in [0.15, 0.2) is 0 Å². The predicted octanol–water partition coefficient (Wildman–Crippen LogP) is 2.89. The number of nitrogens with one attached hydrogen (secondary N) is 1. The quantitative estimate of drug-likeness (QED) is 0.685. The van der Waals surface area contributed by atoms with Crippen molar-refractivity contribution >= 4 is 38.3 Å². The van der Waals surface area contributed by atoms with Crippen molar-refractivity contribution in [1.29, 1.82) is 0 Å². The first-order valence-corrected chi connectivity index (χ1v) is 10.4. The van der Waals surface area contributed by atoms with Crippen molar-refractivity contribution in [3.05, 3.63) is 70.1 Å². The van der Waals surface area contributed by atoms with E-state index in [1.165, 1.54) is 10.4 Å². The van der Waals surface area contributed by atoms with Gasteiger partial charge in [-0.05, 0) is 49.2 Å². The van der Waals surface area contributed by atoms with Gasteiger partial charge in [-0.25, -0.2) is 13.2 Å². The number of carbonyl (C=O) groups excluding carboxylic acids is 1. The summed E-state index contributed by atoms with van der Waals surface area (Å²) in [6.07, 6.45) is 0.595. The number of amides is 1. The van der Waals surface area contributed by atoms with Crippen LogP contribution in [-0.4, -0.2) is 26.6 Å². The normalized spacial score (nSPS) is 15.7. The molecule has 2 aromatic carbocycles. The molecule has 144 valence electrons. The van der Waals surface area contributed by atoms with E-state index in [1.807, 2.05) is 0 Å². The van der Waals surface area contributed by atoms with Crippen LogP contribution in [0.15, 0.2) is 57.7 Å². The van der Waals surface area contributed by atoms with Gasteiger partial charge in [0.1, 0.15) is 11.1 Å². The van der Waals surface area contributed by atoms with Gasteiger partial charge in [-0.2, -0.15) is 0 Å². The van der Waals surface area contributed by atoms with Crippen LogP contribution in [0.2, 0.25) is 0 Å². The Bertz CT molecular complexity index is 1250. The van der Waals surface area contributed by atoms with Crippen molar-refractivity contribution in [2.75, 3.05) is 21.9 Å². The lowest BCUT2D eigenvalue weighted by molar-refractivity contribution is 0.102. The molecule has 1 amide bonds. The number of hydrogen-bond acceptors (Lipinski definition) is 5. The van der Waals surface area contributed by atoms with Gasteiger partial charge in [0, 0.05) is 17.6 Å². The van der Waals surface area contributed by atoms with Crippen molar-refractivity contribution in [2.24, 2.45) is 0 Å². The maximum absolute atomic E-state index is 12.6. The summed E-state index contributed by atoms with van der Waals surface area (Å²) in [5, 5.41) is 3.36. The number of para-hydroxylation sites is 1. The highest BCUT2D eigenvalue weighted by Gasteiger charge is 2.28. The molecule has 1 fully saturated rings. The molecule has 0 bridgehead atoms.